The van der Waals surface area contributed by atoms with Gasteiger partial charge in [-0.25, -0.2) is 13.6 Å². The fourth-order valence-electron chi connectivity index (χ4n) is 2.39. The smallest absolute Gasteiger partial charge is 0.336 e. The Morgan fingerprint density at radius 1 is 1.38 bits per heavy atom. The van der Waals surface area contributed by atoms with Crippen molar-refractivity contribution >= 4 is 11.9 Å². The number of hydrogen-bond acceptors (Lipinski definition) is 3. The Morgan fingerprint density at radius 3 is 2.71 bits per heavy atom. The summed E-state index contributed by atoms with van der Waals surface area (Å²) in [5.74, 6) is -3.48. The van der Waals surface area contributed by atoms with Gasteiger partial charge in [-0.15, -0.1) is 0 Å². The Balaban J connectivity index is 2.46. The zero-order chi connectivity index (χ0) is 15.6. The van der Waals surface area contributed by atoms with E-state index in [0.29, 0.717) is 11.3 Å². The van der Waals surface area contributed by atoms with E-state index in [0.717, 1.165) is 12.1 Å². The van der Waals surface area contributed by atoms with Crippen LogP contribution in [0.3, 0.4) is 0 Å². The molecule has 6 heteroatoms. The molecule has 1 aliphatic rings. The highest BCUT2D eigenvalue weighted by molar-refractivity contribution is 5.95. The molecule has 0 saturated carbocycles. The number of halogens is 2. The third kappa shape index (κ3) is 3.09. The molecule has 1 amide bonds. The van der Waals surface area contributed by atoms with E-state index in [-0.39, 0.29) is 24.5 Å². The average molecular weight is 295 g/mol. The van der Waals surface area contributed by atoms with E-state index in [4.69, 9.17) is 4.74 Å². The zero-order valence-corrected chi connectivity index (χ0v) is 11.7. The van der Waals surface area contributed by atoms with Gasteiger partial charge in [0.2, 0.25) is 5.91 Å². The van der Waals surface area contributed by atoms with Gasteiger partial charge in [0.15, 0.2) is 11.6 Å². The van der Waals surface area contributed by atoms with Gasteiger partial charge in [0, 0.05) is 18.0 Å². The van der Waals surface area contributed by atoms with Crippen LogP contribution in [0.15, 0.2) is 29.5 Å². The minimum absolute atomic E-state index is 0.0173. The monoisotopic (exact) mass is 295 g/mol. The second-order valence-corrected chi connectivity index (χ2v) is 4.74. The molecule has 0 aromatic heterocycles. The molecule has 1 aromatic rings. The molecule has 0 fully saturated rings. The maximum absolute atomic E-state index is 13.4. The van der Waals surface area contributed by atoms with Crippen molar-refractivity contribution < 1.29 is 23.1 Å². The highest BCUT2D eigenvalue weighted by Gasteiger charge is 2.32. The first-order valence-corrected chi connectivity index (χ1v) is 6.56. The fourth-order valence-corrected chi connectivity index (χ4v) is 2.39. The summed E-state index contributed by atoms with van der Waals surface area (Å²) in [5, 5.41) is 2.57. The molecule has 1 N–H and O–H groups in total. The van der Waals surface area contributed by atoms with Gasteiger partial charge >= 0.3 is 5.97 Å². The lowest BCUT2D eigenvalue weighted by Gasteiger charge is -2.26. The van der Waals surface area contributed by atoms with Crippen molar-refractivity contribution in [3.05, 3.63) is 46.7 Å². The quantitative estimate of drug-likeness (QED) is 0.871. The lowest BCUT2D eigenvalue weighted by Crippen LogP contribution is -2.34. The minimum atomic E-state index is -1.01. The van der Waals surface area contributed by atoms with Gasteiger partial charge in [0.05, 0.1) is 12.2 Å². The molecule has 0 bridgehead atoms. The summed E-state index contributed by atoms with van der Waals surface area (Å²) < 4.78 is 31.4. The summed E-state index contributed by atoms with van der Waals surface area (Å²) in [6.45, 7) is 3.44. The van der Waals surface area contributed by atoms with Crippen molar-refractivity contribution in [2.45, 2.75) is 26.2 Å². The van der Waals surface area contributed by atoms with E-state index in [2.05, 4.69) is 5.32 Å². The second-order valence-electron chi connectivity index (χ2n) is 4.74. The number of amides is 1. The van der Waals surface area contributed by atoms with Crippen molar-refractivity contribution in [3.63, 3.8) is 0 Å². The largest absolute Gasteiger partial charge is 0.463 e. The summed E-state index contributed by atoms with van der Waals surface area (Å²) in [7, 11) is 0. The van der Waals surface area contributed by atoms with Gasteiger partial charge < -0.3 is 10.1 Å². The highest BCUT2D eigenvalue weighted by atomic mass is 19.2. The van der Waals surface area contributed by atoms with Crippen LogP contribution in [0.4, 0.5) is 8.78 Å². The Morgan fingerprint density at radius 2 is 2.10 bits per heavy atom. The Kier molecular flexibility index (Phi) is 4.35. The molecule has 1 aliphatic heterocycles. The molecule has 0 saturated heterocycles. The number of ether oxygens (including phenoxy) is 1. The van der Waals surface area contributed by atoms with Crippen molar-refractivity contribution in [1.82, 2.24) is 5.32 Å². The van der Waals surface area contributed by atoms with Crippen LogP contribution < -0.4 is 5.32 Å². The van der Waals surface area contributed by atoms with E-state index < -0.39 is 23.5 Å². The number of rotatable bonds is 3. The van der Waals surface area contributed by atoms with Crippen LogP contribution in [0, 0.1) is 11.6 Å². The molecule has 4 nitrogen and oxygen atoms in total. The Labute approximate surface area is 120 Å². The highest BCUT2D eigenvalue weighted by Crippen LogP contribution is 2.34. The topological polar surface area (TPSA) is 55.4 Å². The molecule has 1 atom stereocenters. The second kappa shape index (κ2) is 6.03. The first-order valence-electron chi connectivity index (χ1n) is 6.56. The maximum atomic E-state index is 13.4. The van der Waals surface area contributed by atoms with Crippen LogP contribution in [0.1, 0.15) is 31.7 Å². The number of benzene rings is 1. The summed E-state index contributed by atoms with van der Waals surface area (Å²) >= 11 is 0. The third-order valence-electron chi connectivity index (χ3n) is 3.31. The van der Waals surface area contributed by atoms with E-state index >= 15 is 0 Å². The van der Waals surface area contributed by atoms with Crippen LogP contribution >= 0.6 is 0 Å². The average Bonchev–Trinajstić information content (AvgIpc) is 2.41. The van der Waals surface area contributed by atoms with Crippen LogP contribution in [-0.4, -0.2) is 18.5 Å². The minimum Gasteiger partial charge on any atom is -0.463 e. The van der Waals surface area contributed by atoms with Crippen LogP contribution in [0.5, 0.6) is 0 Å². The number of nitrogens with one attached hydrogen (secondary N) is 1. The first kappa shape index (κ1) is 15.2. The number of esters is 1. The number of carbonyl (C=O) groups excluding carboxylic acids is 2. The summed E-state index contributed by atoms with van der Waals surface area (Å²) in [4.78, 5) is 23.7. The van der Waals surface area contributed by atoms with Crippen LogP contribution in [0.2, 0.25) is 0 Å². The molecule has 2 rings (SSSR count). The summed E-state index contributed by atoms with van der Waals surface area (Å²) in [5.41, 5.74) is 1.01. The van der Waals surface area contributed by atoms with E-state index in [9.17, 15) is 18.4 Å². The van der Waals surface area contributed by atoms with Gasteiger partial charge in [0.1, 0.15) is 0 Å². The molecule has 1 heterocycles. The Bertz CT molecular complexity index is 625. The van der Waals surface area contributed by atoms with Crippen molar-refractivity contribution in [3.8, 4) is 0 Å². The normalized spacial score (nSPS) is 18.5. The van der Waals surface area contributed by atoms with Crippen LogP contribution in [0.25, 0.3) is 0 Å². The first-order chi connectivity index (χ1) is 9.93. The molecule has 0 unspecified atom stereocenters. The molecule has 21 heavy (non-hydrogen) atoms. The number of allylic oxidation sites excluding steroid dienone is 1. The molecular formula is C15H15F2NO3. The molecule has 112 valence electrons. The van der Waals surface area contributed by atoms with Gasteiger partial charge in [0.25, 0.3) is 0 Å². The van der Waals surface area contributed by atoms with Crippen LogP contribution in [-0.2, 0) is 14.3 Å². The zero-order valence-electron chi connectivity index (χ0n) is 11.7. The van der Waals surface area contributed by atoms with Gasteiger partial charge in [-0.1, -0.05) is 6.07 Å². The SMILES string of the molecule is CCOC(=O)C1=C(C)NC(=O)C[C@@H]1c1ccc(F)c(F)c1. The van der Waals surface area contributed by atoms with Gasteiger partial charge in [-0.3, -0.25) is 4.79 Å². The fraction of sp³-hybridized carbons (Fsp3) is 0.333. The lowest BCUT2D eigenvalue weighted by atomic mass is 9.84. The maximum Gasteiger partial charge on any atom is 0.336 e. The molecule has 1 aromatic carbocycles. The van der Waals surface area contributed by atoms with Crippen molar-refractivity contribution in [2.24, 2.45) is 0 Å². The molecule has 0 radical (unpaired) electrons. The van der Waals surface area contributed by atoms with Gasteiger partial charge in [-0.2, -0.15) is 0 Å². The molecular weight excluding hydrogens is 280 g/mol. The predicted molar refractivity (Wildman–Crippen MR) is 71.2 cm³/mol. The molecule has 0 aliphatic carbocycles. The number of hydrogen-bond donors (Lipinski definition) is 1. The van der Waals surface area contributed by atoms with E-state index in [1.54, 1.807) is 13.8 Å². The van der Waals surface area contributed by atoms with Gasteiger partial charge in [-0.05, 0) is 31.5 Å². The van der Waals surface area contributed by atoms with Crippen molar-refractivity contribution in [2.75, 3.05) is 6.61 Å². The summed E-state index contributed by atoms with van der Waals surface area (Å²) in [6.07, 6.45) is -0.0173. The Hall–Kier alpha value is -2.24. The standard InChI is InChI=1S/C15H15F2NO3/c1-3-21-15(20)14-8(2)18-13(19)7-10(14)9-4-5-11(16)12(17)6-9/h4-6,10H,3,7H2,1-2H3,(H,18,19)/t10-/m1/s1. The van der Waals surface area contributed by atoms with E-state index in [1.165, 1.54) is 6.07 Å². The molecule has 0 spiro atoms. The summed E-state index contributed by atoms with van der Waals surface area (Å²) in [6, 6.07) is 3.36. The van der Waals surface area contributed by atoms with E-state index in [1.807, 2.05) is 0 Å². The lowest BCUT2D eigenvalue weighted by molar-refractivity contribution is -0.139. The number of carbonyl (C=O) groups is 2. The predicted octanol–water partition coefficient (Wildman–Crippen LogP) is 2.41. The third-order valence-corrected chi connectivity index (χ3v) is 3.31. The van der Waals surface area contributed by atoms with Crippen molar-refractivity contribution in [1.29, 1.82) is 0 Å².